The van der Waals surface area contributed by atoms with Gasteiger partial charge in [0.1, 0.15) is 11.5 Å². The second-order valence-electron chi connectivity index (χ2n) is 8.48. The minimum Gasteiger partial charge on any atom is -0.479 e. The van der Waals surface area contributed by atoms with E-state index in [1.54, 1.807) is 32.8 Å². The molecule has 4 aromatic rings. The summed E-state index contributed by atoms with van der Waals surface area (Å²) in [4.78, 5) is 22.8. The first-order valence-electron chi connectivity index (χ1n) is 10.8. The third-order valence-corrected chi connectivity index (χ3v) is 5.87. The predicted octanol–water partition coefficient (Wildman–Crippen LogP) is 4.24. The number of anilines is 2. The van der Waals surface area contributed by atoms with Crippen LogP contribution in [0.5, 0.6) is 5.88 Å². The monoisotopic (exact) mass is 447 g/mol. The van der Waals surface area contributed by atoms with Gasteiger partial charge in [-0.3, -0.25) is 4.98 Å². The lowest BCUT2D eigenvalue weighted by Crippen LogP contribution is -2.23. The quantitative estimate of drug-likeness (QED) is 0.428. The molecule has 0 saturated heterocycles. The predicted molar refractivity (Wildman–Crippen MR) is 128 cm³/mol. The topological polar surface area (TPSA) is 99.9 Å². The van der Waals surface area contributed by atoms with Crippen LogP contribution in [-0.2, 0) is 18.2 Å². The first-order chi connectivity index (χ1) is 15.8. The molecule has 0 fully saturated rings. The Morgan fingerprint density at radius 2 is 1.85 bits per heavy atom. The number of nitrogens with zero attached hydrogens (tertiary/aromatic N) is 6. The van der Waals surface area contributed by atoms with Crippen molar-refractivity contribution in [2.45, 2.75) is 39.2 Å². The molecule has 0 aliphatic rings. The highest BCUT2D eigenvalue weighted by Gasteiger charge is 2.18. The van der Waals surface area contributed by atoms with Crippen LogP contribution in [0.2, 0.25) is 0 Å². The van der Waals surface area contributed by atoms with Gasteiger partial charge in [0.25, 0.3) is 0 Å². The van der Waals surface area contributed by atoms with Crippen LogP contribution in [0.15, 0.2) is 36.8 Å². The minimum absolute atomic E-state index is 0.231. The Hall–Kier alpha value is -3.59. The lowest BCUT2D eigenvalue weighted by Gasteiger charge is -2.22. The summed E-state index contributed by atoms with van der Waals surface area (Å²) in [5, 5.41) is 4.18. The van der Waals surface area contributed by atoms with Crippen molar-refractivity contribution in [3.63, 3.8) is 0 Å². The molecule has 0 aliphatic carbocycles. The molecule has 0 saturated carbocycles. The fraction of sp³-hybridized carbons (Fsp3) is 0.375. The molecule has 0 aliphatic heterocycles. The second kappa shape index (κ2) is 9.11. The van der Waals surface area contributed by atoms with Crippen LogP contribution < -0.4 is 10.1 Å². The SMILES string of the molecule is COc1nc(-c2cnc(C)n2C)ccc1Nc1ncc2ccnc(CCC(C)(C)OC)c2n1. The van der Waals surface area contributed by atoms with Crippen LogP contribution in [0.4, 0.5) is 11.6 Å². The number of aromatic nitrogens is 6. The van der Waals surface area contributed by atoms with Crippen molar-refractivity contribution in [3.8, 4) is 17.3 Å². The van der Waals surface area contributed by atoms with E-state index in [1.807, 2.05) is 36.7 Å². The van der Waals surface area contributed by atoms with E-state index in [1.165, 1.54) is 0 Å². The summed E-state index contributed by atoms with van der Waals surface area (Å²) in [7, 11) is 5.27. The maximum absolute atomic E-state index is 5.55. The Kier molecular flexibility index (Phi) is 6.24. The van der Waals surface area contributed by atoms with Crippen LogP contribution in [0, 0.1) is 6.92 Å². The van der Waals surface area contributed by atoms with Gasteiger partial charge in [-0.15, -0.1) is 0 Å². The molecule has 4 rings (SSSR count). The highest BCUT2D eigenvalue weighted by atomic mass is 16.5. The van der Waals surface area contributed by atoms with Crippen molar-refractivity contribution in [1.82, 2.24) is 29.5 Å². The van der Waals surface area contributed by atoms with Gasteiger partial charge < -0.3 is 19.4 Å². The van der Waals surface area contributed by atoms with E-state index < -0.39 is 0 Å². The zero-order valence-electron chi connectivity index (χ0n) is 19.9. The average molecular weight is 448 g/mol. The zero-order chi connectivity index (χ0) is 23.6. The molecule has 9 heteroatoms. The third-order valence-electron chi connectivity index (χ3n) is 5.87. The molecule has 0 bridgehead atoms. The smallest absolute Gasteiger partial charge is 0.238 e. The normalized spacial score (nSPS) is 11.7. The van der Waals surface area contributed by atoms with Crippen molar-refractivity contribution < 1.29 is 9.47 Å². The molecule has 0 atom stereocenters. The number of ether oxygens (including phenoxy) is 2. The molecule has 9 nitrogen and oxygen atoms in total. The molecule has 1 N–H and O–H groups in total. The first-order valence-corrected chi connectivity index (χ1v) is 10.8. The summed E-state index contributed by atoms with van der Waals surface area (Å²) in [6.07, 6.45) is 6.97. The Morgan fingerprint density at radius 3 is 2.55 bits per heavy atom. The number of methoxy groups -OCH3 is 2. The number of aryl methyl sites for hydroxylation is 2. The number of hydrogen-bond donors (Lipinski definition) is 1. The summed E-state index contributed by atoms with van der Waals surface area (Å²) >= 11 is 0. The first kappa shape index (κ1) is 22.6. The van der Waals surface area contributed by atoms with Gasteiger partial charge in [-0.05, 0) is 51.8 Å². The maximum atomic E-state index is 5.55. The third kappa shape index (κ3) is 4.78. The largest absolute Gasteiger partial charge is 0.479 e. The van der Waals surface area contributed by atoms with E-state index in [0.29, 0.717) is 17.5 Å². The van der Waals surface area contributed by atoms with Crippen molar-refractivity contribution in [2.24, 2.45) is 7.05 Å². The van der Waals surface area contributed by atoms with Crippen LogP contribution >= 0.6 is 0 Å². The lowest BCUT2D eigenvalue weighted by atomic mass is 10.0. The van der Waals surface area contributed by atoms with Crippen molar-refractivity contribution in [1.29, 1.82) is 0 Å². The maximum Gasteiger partial charge on any atom is 0.238 e. The van der Waals surface area contributed by atoms with Gasteiger partial charge in [-0.1, -0.05) is 0 Å². The van der Waals surface area contributed by atoms with Crippen LogP contribution in [0.25, 0.3) is 22.3 Å². The Bertz CT molecular complexity index is 1280. The summed E-state index contributed by atoms with van der Waals surface area (Å²) in [5.74, 6) is 1.81. The van der Waals surface area contributed by atoms with Crippen molar-refractivity contribution in [3.05, 3.63) is 48.3 Å². The van der Waals surface area contributed by atoms with Crippen molar-refractivity contribution >= 4 is 22.5 Å². The summed E-state index contributed by atoms with van der Waals surface area (Å²) in [6, 6.07) is 5.74. The number of fused-ring (bicyclic) bond motifs is 1. The van der Waals surface area contributed by atoms with Gasteiger partial charge in [0.15, 0.2) is 0 Å². The molecule has 0 amide bonds. The Balaban J connectivity index is 1.63. The van der Waals surface area contributed by atoms with Crippen LogP contribution in [-0.4, -0.2) is 49.3 Å². The van der Waals surface area contributed by atoms with E-state index in [2.05, 4.69) is 39.1 Å². The molecule has 172 valence electrons. The van der Waals surface area contributed by atoms with Gasteiger partial charge in [-0.25, -0.2) is 19.9 Å². The number of pyridine rings is 2. The van der Waals surface area contributed by atoms with E-state index in [0.717, 1.165) is 46.7 Å². The highest BCUT2D eigenvalue weighted by molar-refractivity contribution is 5.81. The second-order valence-corrected chi connectivity index (χ2v) is 8.48. The van der Waals surface area contributed by atoms with E-state index >= 15 is 0 Å². The lowest BCUT2D eigenvalue weighted by molar-refractivity contribution is 0.0156. The fourth-order valence-electron chi connectivity index (χ4n) is 3.47. The Labute approximate surface area is 193 Å². The summed E-state index contributed by atoms with van der Waals surface area (Å²) < 4.78 is 13.1. The summed E-state index contributed by atoms with van der Waals surface area (Å²) in [5.41, 5.74) is 3.85. The Morgan fingerprint density at radius 1 is 1.03 bits per heavy atom. The molecule has 0 unspecified atom stereocenters. The standard InChI is InChI=1S/C24H29N7O2/c1-15-26-14-20(31(15)4)17-7-8-19(22(28-17)32-5)29-23-27-13-16-10-12-25-18(21(16)30-23)9-11-24(2,3)33-6/h7-8,10,12-14H,9,11H2,1-6H3,(H,27,29,30). The molecule has 33 heavy (non-hydrogen) atoms. The van der Waals surface area contributed by atoms with Gasteiger partial charge in [-0.2, -0.15) is 0 Å². The molecule has 0 radical (unpaired) electrons. The van der Waals surface area contributed by atoms with E-state index in [4.69, 9.17) is 14.5 Å². The number of nitrogens with one attached hydrogen (secondary N) is 1. The van der Waals surface area contributed by atoms with Crippen molar-refractivity contribution in [2.75, 3.05) is 19.5 Å². The molecular formula is C24H29N7O2. The number of imidazole rings is 1. The van der Waals surface area contributed by atoms with E-state index in [-0.39, 0.29) is 5.60 Å². The molecule has 0 spiro atoms. The molecule has 0 aromatic carbocycles. The number of hydrogen-bond acceptors (Lipinski definition) is 8. The van der Waals surface area contributed by atoms with Gasteiger partial charge in [0.05, 0.1) is 41.5 Å². The van der Waals surface area contributed by atoms with Gasteiger partial charge in [0, 0.05) is 31.9 Å². The van der Waals surface area contributed by atoms with Gasteiger partial charge in [0.2, 0.25) is 11.8 Å². The molecule has 4 heterocycles. The zero-order valence-corrected chi connectivity index (χ0v) is 19.9. The molecular weight excluding hydrogens is 418 g/mol. The highest BCUT2D eigenvalue weighted by Crippen LogP contribution is 2.29. The fourth-order valence-corrected chi connectivity index (χ4v) is 3.47. The minimum atomic E-state index is -0.231. The summed E-state index contributed by atoms with van der Waals surface area (Å²) in [6.45, 7) is 6.08. The average Bonchev–Trinajstić information content (AvgIpc) is 3.16. The van der Waals surface area contributed by atoms with E-state index in [9.17, 15) is 0 Å². The van der Waals surface area contributed by atoms with Crippen LogP contribution in [0.3, 0.4) is 0 Å². The molecule has 4 aromatic heterocycles. The van der Waals surface area contributed by atoms with Crippen LogP contribution in [0.1, 0.15) is 31.8 Å². The number of rotatable bonds is 8. The van der Waals surface area contributed by atoms with Gasteiger partial charge >= 0.3 is 0 Å².